The first-order chi connectivity index (χ1) is 15.7. The van der Waals surface area contributed by atoms with Gasteiger partial charge in [0.1, 0.15) is 17.3 Å². The van der Waals surface area contributed by atoms with E-state index in [1.165, 1.54) is 12.1 Å². The number of benzene rings is 2. The van der Waals surface area contributed by atoms with Crippen LogP contribution in [0.25, 0.3) is 11.3 Å². The maximum atomic E-state index is 13.0. The number of pyridine rings is 2. The van der Waals surface area contributed by atoms with E-state index in [0.717, 1.165) is 22.4 Å². The Labute approximate surface area is 185 Å². The van der Waals surface area contributed by atoms with Crippen LogP contribution < -0.4 is 10.1 Å². The van der Waals surface area contributed by atoms with Gasteiger partial charge in [0.05, 0.1) is 5.69 Å². The average Bonchev–Trinajstić information content (AvgIpc) is 2.84. The lowest BCUT2D eigenvalue weighted by Crippen LogP contribution is -2.23. The number of amides is 1. The molecular formula is C26H22FN3O2. The van der Waals surface area contributed by atoms with Gasteiger partial charge in [-0.2, -0.15) is 0 Å². The van der Waals surface area contributed by atoms with E-state index in [1.807, 2.05) is 48.5 Å². The predicted octanol–water partition coefficient (Wildman–Crippen LogP) is 5.32. The van der Waals surface area contributed by atoms with E-state index < -0.39 is 0 Å². The SMILES string of the molecule is O=C(CCc1cccc(Oc2ccc(F)cc2)c1)NCc1ccc(-c2cccnc2)nc1. The molecule has 0 atom stereocenters. The standard InChI is InChI=1S/C26H22FN3O2/c27-22-8-10-23(11-9-22)32-24-5-1-3-19(15-24)7-13-26(31)30-17-20-6-12-25(29-16-20)21-4-2-14-28-18-21/h1-6,8-12,14-16,18H,7,13,17H2,(H,30,31). The molecule has 0 aliphatic rings. The Bertz CT molecular complexity index is 1160. The van der Waals surface area contributed by atoms with E-state index in [-0.39, 0.29) is 11.7 Å². The van der Waals surface area contributed by atoms with Crippen LogP contribution in [0.5, 0.6) is 11.5 Å². The fourth-order valence-electron chi connectivity index (χ4n) is 3.16. The zero-order chi connectivity index (χ0) is 22.2. The summed E-state index contributed by atoms with van der Waals surface area (Å²) in [5, 5.41) is 2.93. The lowest BCUT2D eigenvalue weighted by atomic mass is 10.1. The van der Waals surface area contributed by atoms with Gasteiger partial charge in [-0.15, -0.1) is 0 Å². The number of halogens is 1. The number of hydrogen-bond acceptors (Lipinski definition) is 4. The van der Waals surface area contributed by atoms with Crippen LogP contribution in [0.1, 0.15) is 17.5 Å². The molecule has 4 aromatic rings. The molecule has 0 bridgehead atoms. The second-order valence-corrected chi connectivity index (χ2v) is 7.27. The fourth-order valence-corrected chi connectivity index (χ4v) is 3.16. The first kappa shape index (κ1) is 21.2. The molecule has 0 fully saturated rings. The van der Waals surface area contributed by atoms with Gasteiger partial charge in [-0.1, -0.05) is 18.2 Å². The Hall–Kier alpha value is -4.06. The first-order valence-electron chi connectivity index (χ1n) is 10.3. The van der Waals surface area contributed by atoms with Crippen molar-refractivity contribution in [1.29, 1.82) is 0 Å². The number of carbonyl (C=O) groups excluding carboxylic acids is 1. The van der Waals surface area contributed by atoms with E-state index in [2.05, 4.69) is 15.3 Å². The quantitative estimate of drug-likeness (QED) is 0.413. The van der Waals surface area contributed by atoms with E-state index >= 15 is 0 Å². The Morgan fingerprint density at radius 1 is 0.906 bits per heavy atom. The third-order valence-electron chi connectivity index (χ3n) is 4.86. The molecule has 0 radical (unpaired) electrons. The van der Waals surface area contributed by atoms with Gasteiger partial charge < -0.3 is 10.1 Å². The van der Waals surface area contributed by atoms with Gasteiger partial charge in [-0.05, 0) is 72.1 Å². The summed E-state index contributed by atoms with van der Waals surface area (Å²) >= 11 is 0. The minimum Gasteiger partial charge on any atom is -0.457 e. The normalized spacial score (nSPS) is 10.5. The lowest BCUT2D eigenvalue weighted by molar-refractivity contribution is -0.121. The summed E-state index contributed by atoms with van der Waals surface area (Å²) in [7, 11) is 0. The van der Waals surface area contributed by atoms with E-state index in [9.17, 15) is 9.18 Å². The van der Waals surface area contributed by atoms with Gasteiger partial charge in [0.2, 0.25) is 5.91 Å². The average molecular weight is 427 g/mol. The van der Waals surface area contributed by atoms with Crippen molar-refractivity contribution in [1.82, 2.24) is 15.3 Å². The number of rotatable bonds is 8. The van der Waals surface area contributed by atoms with E-state index in [1.54, 1.807) is 30.7 Å². The topological polar surface area (TPSA) is 64.1 Å². The minimum absolute atomic E-state index is 0.0359. The largest absolute Gasteiger partial charge is 0.457 e. The van der Waals surface area contributed by atoms with Crippen LogP contribution >= 0.6 is 0 Å². The van der Waals surface area contributed by atoms with Crippen LogP contribution in [-0.2, 0) is 17.8 Å². The van der Waals surface area contributed by atoms with Crippen molar-refractivity contribution in [2.24, 2.45) is 0 Å². The zero-order valence-electron chi connectivity index (χ0n) is 17.4. The number of aromatic nitrogens is 2. The van der Waals surface area contributed by atoms with Crippen molar-refractivity contribution in [2.45, 2.75) is 19.4 Å². The Balaban J connectivity index is 1.25. The molecular weight excluding hydrogens is 405 g/mol. The zero-order valence-corrected chi connectivity index (χ0v) is 17.4. The van der Waals surface area contributed by atoms with Gasteiger partial charge in [-0.25, -0.2) is 4.39 Å². The van der Waals surface area contributed by atoms with Crippen LogP contribution in [0.15, 0.2) is 91.4 Å². The van der Waals surface area contributed by atoms with Gasteiger partial charge in [0, 0.05) is 37.1 Å². The van der Waals surface area contributed by atoms with Gasteiger partial charge in [0.25, 0.3) is 0 Å². The third kappa shape index (κ3) is 5.98. The van der Waals surface area contributed by atoms with Crippen LogP contribution in [0, 0.1) is 5.82 Å². The summed E-state index contributed by atoms with van der Waals surface area (Å²) in [5.74, 6) is 0.863. The highest BCUT2D eigenvalue weighted by atomic mass is 19.1. The number of carbonyl (C=O) groups is 1. The van der Waals surface area contributed by atoms with Crippen LogP contribution in [0.4, 0.5) is 4.39 Å². The third-order valence-corrected chi connectivity index (χ3v) is 4.86. The fraction of sp³-hybridized carbons (Fsp3) is 0.115. The van der Waals surface area contributed by atoms with Crippen LogP contribution in [0.2, 0.25) is 0 Å². The van der Waals surface area contributed by atoms with Gasteiger partial charge in [0.15, 0.2) is 0 Å². The minimum atomic E-state index is -0.308. The van der Waals surface area contributed by atoms with Crippen molar-refractivity contribution in [3.8, 4) is 22.8 Å². The van der Waals surface area contributed by atoms with Crippen molar-refractivity contribution in [2.75, 3.05) is 0 Å². The summed E-state index contributed by atoms with van der Waals surface area (Å²) in [5.41, 5.74) is 3.72. The van der Waals surface area contributed by atoms with E-state index in [4.69, 9.17) is 4.74 Å². The van der Waals surface area contributed by atoms with Crippen molar-refractivity contribution >= 4 is 5.91 Å². The molecule has 0 aliphatic carbocycles. The number of aryl methyl sites for hydroxylation is 1. The summed E-state index contributed by atoms with van der Waals surface area (Å²) in [6, 6.07) is 21.1. The number of nitrogens with zero attached hydrogens (tertiary/aromatic N) is 2. The van der Waals surface area contributed by atoms with Gasteiger partial charge in [-0.3, -0.25) is 14.8 Å². The molecule has 0 aliphatic heterocycles. The Morgan fingerprint density at radius 3 is 2.53 bits per heavy atom. The highest BCUT2D eigenvalue weighted by Gasteiger charge is 2.06. The highest BCUT2D eigenvalue weighted by Crippen LogP contribution is 2.23. The summed E-state index contributed by atoms with van der Waals surface area (Å²) in [6.07, 6.45) is 6.20. The van der Waals surface area contributed by atoms with Crippen LogP contribution in [-0.4, -0.2) is 15.9 Å². The first-order valence-corrected chi connectivity index (χ1v) is 10.3. The second-order valence-electron chi connectivity index (χ2n) is 7.27. The van der Waals surface area contributed by atoms with Crippen molar-refractivity contribution < 1.29 is 13.9 Å². The van der Waals surface area contributed by atoms with E-state index in [0.29, 0.717) is 30.9 Å². The van der Waals surface area contributed by atoms with Crippen LogP contribution in [0.3, 0.4) is 0 Å². The Morgan fingerprint density at radius 2 is 1.78 bits per heavy atom. The molecule has 32 heavy (non-hydrogen) atoms. The van der Waals surface area contributed by atoms with Crippen molar-refractivity contribution in [3.63, 3.8) is 0 Å². The molecule has 2 aromatic heterocycles. The highest BCUT2D eigenvalue weighted by molar-refractivity contribution is 5.76. The predicted molar refractivity (Wildman–Crippen MR) is 121 cm³/mol. The molecule has 2 aromatic carbocycles. The molecule has 0 unspecified atom stereocenters. The smallest absolute Gasteiger partial charge is 0.220 e. The number of ether oxygens (including phenoxy) is 1. The number of nitrogens with one attached hydrogen (secondary N) is 1. The monoisotopic (exact) mass is 427 g/mol. The molecule has 5 nitrogen and oxygen atoms in total. The molecule has 0 saturated heterocycles. The molecule has 2 heterocycles. The summed E-state index contributed by atoms with van der Waals surface area (Å²) < 4.78 is 18.8. The number of hydrogen-bond donors (Lipinski definition) is 1. The Kier molecular flexibility index (Phi) is 6.82. The second kappa shape index (κ2) is 10.3. The maximum Gasteiger partial charge on any atom is 0.220 e. The van der Waals surface area contributed by atoms with Gasteiger partial charge >= 0.3 is 0 Å². The summed E-state index contributed by atoms with van der Waals surface area (Å²) in [6.45, 7) is 0.423. The molecule has 4 rings (SSSR count). The molecule has 0 saturated carbocycles. The molecule has 160 valence electrons. The molecule has 1 N–H and O–H groups in total. The maximum absolute atomic E-state index is 13.0. The molecule has 1 amide bonds. The molecule has 6 heteroatoms. The summed E-state index contributed by atoms with van der Waals surface area (Å²) in [4.78, 5) is 20.8. The molecule has 0 spiro atoms. The lowest BCUT2D eigenvalue weighted by Gasteiger charge is -2.09. The van der Waals surface area contributed by atoms with Crippen molar-refractivity contribution in [3.05, 3.63) is 108 Å².